The molecule has 4 heavy (non-hydrogen) atoms. The summed E-state index contributed by atoms with van der Waals surface area (Å²) in [6.07, 6.45) is 0. The summed E-state index contributed by atoms with van der Waals surface area (Å²) in [6.45, 7) is 3.83. The van der Waals surface area contributed by atoms with E-state index in [1.165, 1.54) is 0 Å². The first-order valence-electron chi connectivity index (χ1n) is 1.15. The van der Waals surface area contributed by atoms with Crippen molar-refractivity contribution in [1.82, 2.24) is 0 Å². The average molecular weight is 96.1 g/mol. The molecule has 28 valence electrons. The fraction of sp³-hybridized carbons (Fsp3) is 1.00. The maximum Gasteiger partial charge on any atom is -0.0500 e. The molecule has 0 saturated heterocycles. The Kier molecular flexibility index (Phi) is 94.5. The van der Waals surface area contributed by atoms with Gasteiger partial charge in [0.25, 0.3) is 0 Å². The maximum absolute atomic E-state index is 2.42. The third-order valence-corrected chi connectivity index (χ3v) is 0. The van der Waals surface area contributed by atoms with Crippen LogP contribution in [0.3, 0.4) is 0 Å². The van der Waals surface area contributed by atoms with Gasteiger partial charge in [0.15, 0.2) is 0 Å². The summed E-state index contributed by atoms with van der Waals surface area (Å²) in [5.41, 5.74) is 0. The Bertz CT molecular complexity index is 4.00. The molecule has 0 amide bonds. The van der Waals surface area contributed by atoms with E-state index >= 15 is 0 Å². The lowest BCUT2D eigenvalue weighted by molar-refractivity contribution is 2.52. The van der Waals surface area contributed by atoms with Gasteiger partial charge in [-0.3, -0.25) is 0 Å². The molecule has 0 aliphatic rings. The second-order valence-electron chi connectivity index (χ2n) is 0. The van der Waals surface area contributed by atoms with E-state index < -0.39 is 0 Å². The van der Waals surface area contributed by atoms with Crippen LogP contribution in [0.4, 0.5) is 0 Å². The normalized spacial score (nSPS) is 3.00. The molecular weight excluding hydrogens is 86.0 g/mol. The molecule has 0 bridgehead atoms. The van der Waals surface area contributed by atoms with Gasteiger partial charge >= 0.3 is 0 Å². The molecule has 0 aromatic rings. The van der Waals surface area contributed by atoms with Gasteiger partial charge in [-0.25, -0.2) is 0 Å². The Labute approximate surface area is 32.8 Å². The lowest BCUT2D eigenvalue weighted by atomic mass is 12.0. The van der Waals surface area contributed by atoms with Gasteiger partial charge in [0, 0.05) is 0 Å². The highest BCUT2D eigenvalue weighted by Crippen LogP contribution is 1.46. The van der Waals surface area contributed by atoms with E-state index in [0.29, 0.717) is 0 Å². The van der Waals surface area contributed by atoms with Crippen molar-refractivity contribution in [2.24, 2.45) is 0 Å². The van der Waals surface area contributed by atoms with Crippen LogP contribution in [0.5, 0.6) is 0 Å². The molecule has 0 N–H and O–H groups in total. The third kappa shape index (κ3) is 13.4. The zero-order valence-electron chi connectivity index (χ0n) is 3.15. The van der Waals surface area contributed by atoms with Crippen molar-refractivity contribution in [1.29, 1.82) is 0 Å². The van der Waals surface area contributed by atoms with Crippen LogP contribution in [0.1, 0.15) is 0 Å². The van der Waals surface area contributed by atoms with Crippen LogP contribution >= 0.6 is 18.5 Å². The van der Waals surface area contributed by atoms with Crippen LogP contribution in [0, 0.1) is 0 Å². The number of hydrogen-bond donors (Lipinski definition) is 0. The minimum atomic E-state index is 1.92. The van der Waals surface area contributed by atoms with Gasteiger partial charge in [0.1, 0.15) is 0 Å². The van der Waals surface area contributed by atoms with Gasteiger partial charge in [-0.2, -0.15) is 0 Å². The fourth-order valence-corrected chi connectivity index (χ4v) is 0. The van der Waals surface area contributed by atoms with Crippen molar-refractivity contribution in [2.45, 2.75) is 0 Å². The van der Waals surface area contributed by atoms with E-state index in [2.05, 4.69) is 18.5 Å². The Morgan fingerprint density at radius 3 is 0.750 bits per heavy atom. The highest BCUT2D eigenvalue weighted by Gasteiger charge is 0.908. The van der Waals surface area contributed by atoms with Gasteiger partial charge < -0.3 is 0 Å². The van der Waals surface area contributed by atoms with E-state index in [1.807, 2.05) is 13.3 Å². The van der Waals surface area contributed by atoms with E-state index in [-0.39, 0.29) is 0 Å². The summed E-state index contributed by atoms with van der Waals surface area (Å²) in [5, 5.41) is 0. The molecule has 0 aromatic carbocycles. The zero-order valence-corrected chi connectivity index (χ0v) is 5.46. The van der Waals surface area contributed by atoms with Crippen LogP contribution in [0.15, 0.2) is 0 Å². The fourth-order valence-electron chi connectivity index (χ4n) is 0. The first kappa shape index (κ1) is 8.85. The molecule has 0 spiro atoms. The minimum Gasteiger partial charge on any atom is -0.141 e. The molecule has 0 aromatic heterocycles. The van der Waals surface area contributed by atoms with Crippen molar-refractivity contribution in [3.63, 3.8) is 0 Å². The first-order chi connectivity index (χ1) is 2.00. The maximum atomic E-state index is 2.42. The Morgan fingerprint density at radius 1 is 0.750 bits per heavy atom. The van der Waals surface area contributed by atoms with Gasteiger partial charge in [-0.1, -0.05) is 13.3 Å². The van der Waals surface area contributed by atoms with Crippen LogP contribution in [0.25, 0.3) is 0 Å². The van der Waals surface area contributed by atoms with Crippen molar-refractivity contribution >= 4 is 18.5 Å². The smallest absolute Gasteiger partial charge is 0.0500 e. The highest BCUT2D eigenvalue weighted by atomic mass is 31.0. The van der Waals surface area contributed by atoms with Crippen LogP contribution in [0.2, 0.25) is 0 Å². The highest BCUT2D eigenvalue weighted by molar-refractivity contribution is 7.15. The minimum absolute atomic E-state index is 1.92. The molecule has 0 radical (unpaired) electrons. The SMILES string of the molecule is CP.CP. The first-order valence-corrected chi connectivity index (χ1v) is 3.46. The van der Waals surface area contributed by atoms with Crippen LogP contribution in [-0.2, 0) is 0 Å². The molecule has 2 unspecified atom stereocenters. The van der Waals surface area contributed by atoms with E-state index in [1.54, 1.807) is 0 Å². The van der Waals surface area contributed by atoms with Gasteiger partial charge in [-0.15, -0.1) is 18.5 Å². The molecular formula is C2H10P2. The monoisotopic (exact) mass is 96.0 g/mol. The molecule has 0 rings (SSSR count). The van der Waals surface area contributed by atoms with Gasteiger partial charge in [0.05, 0.1) is 0 Å². The molecule has 0 saturated carbocycles. The molecule has 0 heterocycles. The molecule has 2 atom stereocenters. The van der Waals surface area contributed by atoms with E-state index in [4.69, 9.17) is 0 Å². The van der Waals surface area contributed by atoms with Crippen LogP contribution in [-0.4, -0.2) is 13.3 Å². The lowest BCUT2D eigenvalue weighted by Gasteiger charge is -1.10. The summed E-state index contributed by atoms with van der Waals surface area (Å²) in [7, 11) is 4.83. The van der Waals surface area contributed by atoms with Crippen molar-refractivity contribution in [3.8, 4) is 0 Å². The average Bonchev–Trinajstić information content (AvgIpc) is 1.50. The quantitative estimate of drug-likeness (QED) is 0.394. The third-order valence-electron chi connectivity index (χ3n) is 0. The largest absolute Gasteiger partial charge is 0.141 e. The van der Waals surface area contributed by atoms with Gasteiger partial charge in [-0.05, 0) is 0 Å². The van der Waals surface area contributed by atoms with E-state index in [0.717, 1.165) is 0 Å². The summed E-state index contributed by atoms with van der Waals surface area (Å²) in [6, 6.07) is 0. The summed E-state index contributed by atoms with van der Waals surface area (Å²) < 4.78 is 0. The van der Waals surface area contributed by atoms with Gasteiger partial charge in [0.2, 0.25) is 0 Å². The van der Waals surface area contributed by atoms with Crippen LogP contribution < -0.4 is 0 Å². The number of hydrogen-bond acceptors (Lipinski definition) is 0. The van der Waals surface area contributed by atoms with E-state index in [9.17, 15) is 0 Å². The predicted octanol–water partition coefficient (Wildman–Crippen LogP) is 0.983. The summed E-state index contributed by atoms with van der Waals surface area (Å²) in [5.74, 6) is 0. The topological polar surface area (TPSA) is 0 Å². The Balaban J connectivity index is 0. The second kappa shape index (κ2) is 42.7. The molecule has 0 aliphatic carbocycles. The standard InChI is InChI=1S/2CH5P/c2*1-2/h2*2H2,1H3. The number of rotatable bonds is 0. The lowest BCUT2D eigenvalue weighted by Crippen LogP contribution is -0.804. The summed E-state index contributed by atoms with van der Waals surface area (Å²) >= 11 is 0. The van der Waals surface area contributed by atoms with Crippen molar-refractivity contribution in [3.05, 3.63) is 0 Å². The van der Waals surface area contributed by atoms with Crippen molar-refractivity contribution in [2.75, 3.05) is 13.3 Å². The van der Waals surface area contributed by atoms with Crippen molar-refractivity contribution < 1.29 is 0 Å². The Morgan fingerprint density at radius 2 is 0.750 bits per heavy atom. The molecule has 2 heteroatoms. The molecule has 0 nitrogen and oxygen atoms in total. The molecule has 0 fully saturated rings. The Hall–Kier alpha value is 0.860. The summed E-state index contributed by atoms with van der Waals surface area (Å²) in [4.78, 5) is 0. The second-order valence-corrected chi connectivity index (χ2v) is 0. The molecule has 0 aliphatic heterocycles. The predicted molar refractivity (Wildman–Crippen MR) is 31.3 cm³/mol. The zero-order chi connectivity index (χ0) is 4.00.